The molecule has 2 nitrogen and oxygen atoms in total. The lowest BCUT2D eigenvalue weighted by Gasteiger charge is -2.41. The Hall–Kier alpha value is -1.02. The molecular weight excluding hydrogens is 220 g/mol. The first kappa shape index (κ1) is 13.4. The predicted molar refractivity (Wildman–Crippen MR) is 79.3 cm³/mol. The Bertz CT molecular complexity index is 421. The third-order valence-corrected chi connectivity index (χ3v) is 3.94. The van der Waals surface area contributed by atoms with E-state index in [1.54, 1.807) is 0 Å². The molecule has 0 aromatic heterocycles. The normalized spacial score (nSPS) is 24.7. The molecule has 2 N–H and O–H groups in total. The Morgan fingerprint density at radius 1 is 1.33 bits per heavy atom. The predicted octanol–water partition coefficient (Wildman–Crippen LogP) is 3.44. The highest BCUT2D eigenvalue weighted by Crippen LogP contribution is 2.33. The second kappa shape index (κ2) is 4.93. The van der Waals surface area contributed by atoms with Crippen LogP contribution < -0.4 is 10.6 Å². The first-order valence-electron chi connectivity index (χ1n) is 7.04. The van der Waals surface area contributed by atoms with Gasteiger partial charge < -0.3 is 10.6 Å². The Labute approximate surface area is 111 Å². The molecule has 1 aliphatic rings. The SMILES string of the molecule is Cc1cccc(C(C)C)c1N1CCCC(C)(N)C1. The fourth-order valence-electron chi connectivity index (χ4n) is 3.04. The van der Waals surface area contributed by atoms with E-state index in [0.29, 0.717) is 5.92 Å². The van der Waals surface area contributed by atoms with Gasteiger partial charge >= 0.3 is 0 Å². The second-order valence-electron chi connectivity index (χ2n) is 6.35. The highest BCUT2D eigenvalue weighted by atomic mass is 15.2. The summed E-state index contributed by atoms with van der Waals surface area (Å²) in [4.78, 5) is 2.49. The van der Waals surface area contributed by atoms with Gasteiger partial charge in [0.25, 0.3) is 0 Å². The van der Waals surface area contributed by atoms with Gasteiger partial charge in [0, 0.05) is 24.3 Å². The maximum absolute atomic E-state index is 6.34. The fourth-order valence-corrected chi connectivity index (χ4v) is 3.04. The molecule has 1 aromatic carbocycles. The minimum atomic E-state index is -0.0468. The molecule has 2 heteroatoms. The van der Waals surface area contributed by atoms with Gasteiger partial charge in [-0.05, 0) is 43.7 Å². The van der Waals surface area contributed by atoms with E-state index in [2.05, 4.69) is 50.8 Å². The maximum atomic E-state index is 6.34. The van der Waals surface area contributed by atoms with Gasteiger partial charge in [0.15, 0.2) is 0 Å². The molecule has 100 valence electrons. The molecule has 0 saturated carbocycles. The second-order valence-corrected chi connectivity index (χ2v) is 6.35. The minimum absolute atomic E-state index is 0.0468. The van der Waals surface area contributed by atoms with Gasteiger partial charge in [0.1, 0.15) is 0 Å². The standard InChI is InChI=1S/C16H26N2/c1-12(2)14-8-5-7-13(3)15(14)18-10-6-9-16(4,17)11-18/h5,7-8,12H,6,9-11,17H2,1-4H3. The first-order chi connectivity index (χ1) is 8.41. The Morgan fingerprint density at radius 2 is 2.06 bits per heavy atom. The van der Waals surface area contributed by atoms with Gasteiger partial charge in [-0.3, -0.25) is 0 Å². The molecule has 1 atom stereocenters. The lowest BCUT2D eigenvalue weighted by Crippen LogP contribution is -2.52. The smallest absolute Gasteiger partial charge is 0.0431 e. The molecule has 0 radical (unpaired) electrons. The third-order valence-electron chi connectivity index (χ3n) is 3.94. The summed E-state index contributed by atoms with van der Waals surface area (Å²) in [6, 6.07) is 6.64. The summed E-state index contributed by atoms with van der Waals surface area (Å²) in [6.45, 7) is 11.0. The number of piperidine rings is 1. The van der Waals surface area contributed by atoms with E-state index in [-0.39, 0.29) is 5.54 Å². The lowest BCUT2D eigenvalue weighted by molar-refractivity contribution is 0.374. The van der Waals surface area contributed by atoms with Crippen molar-refractivity contribution in [1.82, 2.24) is 0 Å². The van der Waals surface area contributed by atoms with E-state index in [1.807, 2.05) is 0 Å². The van der Waals surface area contributed by atoms with Crippen molar-refractivity contribution in [1.29, 1.82) is 0 Å². The molecule has 1 aromatic rings. The zero-order valence-electron chi connectivity index (χ0n) is 12.2. The van der Waals surface area contributed by atoms with Crippen LogP contribution in [0.15, 0.2) is 18.2 Å². The average molecular weight is 246 g/mol. The van der Waals surface area contributed by atoms with E-state index in [9.17, 15) is 0 Å². The van der Waals surface area contributed by atoms with Crippen LogP contribution in [0.2, 0.25) is 0 Å². The molecule has 0 spiro atoms. The molecule has 1 heterocycles. The van der Waals surface area contributed by atoms with Crippen molar-refractivity contribution in [2.75, 3.05) is 18.0 Å². The number of anilines is 1. The van der Waals surface area contributed by atoms with E-state index < -0.39 is 0 Å². The fraction of sp³-hybridized carbons (Fsp3) is 0.625. The highest BCUT2D eigenvalue weighted by molar-refractivity contribution is 5.61. The summed E-state index contributed by atoms with van der Waals surface area (Å²) in [5.74, 6) is 0.561. The molecule has 2 rings (SSSR count). The monoisotopic (exact) mass is 246 g/mol. The summed E-state index contributed by atoms with van der Waals surface area (Å²) in [5, 5.41) is 0. The number of nitrogens with two attached hydrogens (primary N) is 1. The van der Waals surface area contributed by atoms with Crippen LogP contribution in [0.4, 0.5) is 5.69 Å². The number of hydrogen-bond donors (Lipinski definition) is 1. The molecule has 0 amide bonds. The molecular formula is C16H26N2. The van der Waals surface area contributed by atoms with Crippen LogP contribution in [-0.2, 0) is 0 Å². The van der Waals surface area contributed by atoms with Gasteiger partial charge in [0.05, 0.1) is 0 Å². The highest BCUT2D eigenvalue weighted by Gasteiger charge is 2.28. The van der Waals surface area contributed by atoms with Crippen LogP contribution in [0.1, 0.15) is 50.7 Å². The van der Waals surface area contributed by atoms with Crippen LogP contribution in [0.25, 0.3) is 0 Å². The van der Waals surface area contributed by atoms with Crippen LogP contribution in [0.5, 0.6) is 0 Å². The van der Waals surface area contributed by atoms with Gasteiger partial charge in [-0.1, -0.05) is 32.0 Å². The molecule has 0 bridgehead atoms. The van der Waals surface area contributed by atoms with Crippen LogP contribution in [0, 0.1) is 6.92 Å². The van der Waals surface area contributed by atoms with Gasteiger partial charge in [-0.25, -0.2) is 0 Å². The third kappa shape index (κ3) is 2.69. The van der Waals surface area contributed by atoms with Crippen molar-refractivity contribution in [3.8, 4) is 0 Å². The van der Waals surface area contributed by atoms with Crippen LogP contribution in [-0.4, -0.2) is 18.6 Å². The maximum Gasteiger partial charge on any atom is 0.0431 e. The summed E-state index contributed by atoms with van der Waals surface area (Å²) < 4.78 is 0. The van der Waals surface area contributed by atoms with E-state index in [1.165, 1.54) is 23.2 Å². The van der Waals surface area contributed by atoms with Crippen molar-refractivity contribution in [3.05, 3.63) is 29.3 Å². The number of nitrogens with zero attached hydrogens (tertiary/aromatic N) is 1. The van der Waals surface area contributed by atoms with Gasteiger partial charge in [0.2, 0.25) is 0 Å². The zero-order chi connectivity index (χ0) is 13.3. The number of rotatable bonds is 2. The van der Waals surface area contributed by atoms with Crippen molar-refractivity contribution in [3.63, 3.8) is 0 Å². The topological polar surface area (TPSA) is 29.3 Å². The number of benzene rings is 1. The summed E-state index contributed by atoms with van der Waals surface area (Å²) in [6.07, 6.45) is 2.32. The van der Waals surface area contributed by atoms with Crippen LogP contribution >= 0.6 is 0 Å². The molecule has 0 aliphatic carbocycles. The molecule has 1 fully saturated rings. The number of aryl methyl sites for hydroxylation is 1. The van der Waals surface area contributed by atoms with Crippen molar-refractivity contribution >= 4 is 5.69 Å². The Balaban J connectivity index is 2.38. The average Bonchev–Trinajstić information content (AvgIpc) is 2.27. The molecule has 18 heavy (non-hydrogen) atoms. The minimum Gasteiger partial charge on any atom is -0.369 e. The lowest BCUT2D eigenvalue weighted by atomic mass is 9.90. The summed E-state index contributed by atoms with van der Waals surface area (Å²) >= 11 is 0. The number of para-hydroxylation sites is 1. The van der Waals surface area contributed by atoms with Gasteiger partial charge in [-0.2, -0.15) is 0 Å². The molecule has 1 saturated heterocycles. The zero-order valence-corrected chi connectivity index (χ0v) is 12.2. The Morgan fingerprint density at radius 3 is 2.67 bits per heavy atom. The van der Waals surface area contributed by atoms with Crippen molar-refractivity contribution in [2.45, 2.75) is 52.0 Å². The van der Waals surface area contributed by atoms with E-state index in [4.69, 9.17) is 5.73 Å². The quantitative estimate of drug-likeness (QED) is 0.866. The Kier molecular flexibility index (Phi) is 3.67. The largest absolute Gasteiger partial charge is 0.369 e. The van der Waals surface area contributed by atoms with Gasteiger partial charge in [-0.15, -0.1) is 0 Å². The van der Waals surface area contributed by atoms with E-state index in [0.717, 1.165) is 19.5 Å². The van der Waals surface area contributed by atoms with Crippen molar-refractivity contribution in [2.24, 2.45) is 5.73 Å². The van der Waals surface area contributed by atoms with Crippen LogP contribution in [0.3, 0.4) is 0 Å². The molecule has 1 unspecified atom stereocenters. The van der Waals surface area contributed by atoms with Crippen molar-refractivity contribution < 1.29 is 0 Å². The molecule has 1 aliphatic heterocycles. The summed E-state index contributed by atoms with van der Waals surface area (Å²) in [7, 11) is 0. The summed E-state index contributed by atoms with van der Waals surface area (Å²) in [5.41, 5.74) is 10.5. The number of hydrogen-bond acceptors (Lipinski definition) is 2. The van der Waals surface area contributed by atoms with E-state index >= 15 is 0 Å². The first-order valence-corrected chi connectivity index (χ1v) is 7.04.